The van der Waals surface area contributed by atoms with Crippen molar-refractivity contribution in [2.75, 3.05) is 0 Å². The first-order valence-electron chi connectivity index (χ1n) is 9.46. The number of hydrogen-bond acceptors (Lipinski definition) is 3. The Bertz CT molecular complexity index is 565. The van der Waals surface area contributed by atoms with Gasteiger partial charge < -0.3 is 5.11 Å². The van der Waals surface area contributed by atoms with Crippen LogP contribution in [0.2, 0.25) is 0 Å². The molecule has 4 rings (SSSR count). The first-order valence-corrected chi connectivity index (χ1v) is 9.46. The van der Waals surface area contributed by atoms with Crippen LogP contribution in [-0.2, 0) is 9.59 Å². The van der Waals surface area contributed by atoms with Crippen LogP contribution in [0.15, 0.2) is 0 Å². The molecule has 0 amide bonds. The molecule has 0 unspecified atom stereocenters. The van der Waals surface area contributed by atoms with Crippen molar-refractivity contribution in [2.45, 2.75) is 77.7 Å². The molecule has 4 aliphatic carbocycles. The Hall–Kier alpha value is -0.700. The van der Waals surface area contributed by atoms with Gasteiger partial charge in [-0.05, 0) is 62.2 Å². The van der Waals surface area contributed by atoms with E-state index in [0.717, 1.165) is 32.1 Å². The SMILES string of the molecule is C[C@]12CCC(=O)C[C@@H]1CC[C@@H]1[C@@H]2C(=O)C[C@@]2(C)[C@H]1CC[C@@]2(C)O. The van der Waals surface area contributed by atoms with Gasteiger partial charge in [-0.1, -0.05) is 13.8 Å². The van der Waals surface area contributed by atoms with Gasteiger partial charge in [-0.2, -0.15) is 0 Å². The summed E-state index contributed by atoms with van der Waals surface area (Å²) in [6.45, 7) is 6.37. The predicted molar refractivity (Wildman–Crippen MR) is 87.7 cm³/mol. The van der Waals surface area contributed by atoms with Crippen molar-refractivity contribution in [1.29, 1.82) is 0 Å². The molecule has 7 atom stereocenters. The highest BCUT2D eigenvalue weighted by atomic mass is 16.3. The van der Waals surface area contributed by atoms with Crippen LogP contribution in [0, 0.1) is 34.5 Å². The highest BCUT2D eigenvalue weighted by Crippen LogP contribution is 2.66. The molecule has 0 spiro atoms. The minimum Gasteiger partial charge on any atom is -0.390 e. The van der Waals surface area contributed by atoms with Gasteiger partial charge in [0.1, 0.15) is 11.6 Å². The highest BCUT2D eigenvalue weighted by molar-refractivity contribution is 5.86. The zero-order valence-electron chi connectivity index (χ0n) is 14.7. The summed E-state index contributed by atoms with van der Waals surface area (Å²) in [4.78, 5) is 25.1. The Labute approximate surface area is 139 Å². The largest absolute Gasteiger partial charge is 0.390 e. The Balaban J connectivity index is 1.72. The minimum absolute atomic E-state index is 0.0175. The van der Waals surface area contributed by atoms with Gasteiger partial charge in [0.15, 0.2) is 0 Å². The Morgan fingerprint density at radius 2 is 1.78 bits per heavy atom. The predicted octanol–water partition coefficient (Wildman–Crippen LogP) is 3.53. The van der Waals surface area contributed by atoms with E-state index in [1.165, 1.54) is 0 Å². The van der Waals surface area contributed by atoms with Gasteiger partial charge in [-0.25, -0.2) is 0 Å². The third-order valence-corrected chi connectivity index (χ3v) is 8.73. The third-order valence-electron chi connectivity index (χ3n) is 8.73. The van der Waals surface area contributed by atoms with E-state index in [4.69, 9.17) is 0 Å². The van der Waals surface area contributed by atoms with Crippen molar-refractivity contribution in [3.8, 4) is 0 Å². The Kier molecular flexibility index (Phi) is 3.22. The molecule has 4 aliphatic rings. The first kappa shape index (κ1) is 15.8. The molecule has 0 aromatic carbocycles. The molecule has 23 heavy (non-hydrogen) atoms. The Morgan fingerprint density at radius 1 is 1.04 bits per heavy atom. The topological polar surface area (TPSA) is 54.4 Å². The van der Waals surface area contributed by atoms with Crippen molar-refractivity contribution in [3.63, 3.8) is 0 Å². The van der Waals surface area contributed by atoms with E-state index in [0.29, 0.717) is 48.6 Å². The van der Waals surface area contributed by atoms with E-state index in [1.54, 1.807) is 0 Å². The highest BCUT2D eigenvalue weighted by Gasteiger charge is 2.65. The minimum atomic E-state index is -0.710. The molecule has 128 valence electrons. The van der Waals surface area contributed by atoms with Gasteiger partial charge >= 0.3 is 0 Å². The molecule has 0 aromatic rings. The van der Waals surface area contributed by atoms with Crippen LogP contribution in [0.1, 0.15) is 72.1 Å². The molecule has 3 heteroatoms. The van der Waals surface area contributed by atoms with Gasteiger partial charge in [-0.15, -0.1) is 0 Å². The van der Waals surface area contributed by atoms with Crippen LogP contribution in [-0.4, -0.2) is 22.3 Å². The summed E-state index contributed by atoms with van der Waals surface area (Å²) in [5, 5.41) is 10.9. The van der Waals surface area contributed by atoms with Crippen molar-refractivity contribution >= 4 is 11.6 Å². The van der Waals surface area contributed by atoms with Crippen LogP contribution in [0.4, 0.5) is 0 Å². The molecule has 0 bridgehead atoms. The Morgan fingerprint density at radius 3 is 2.52 bits per heavy atom. The number of carbonyl (C=O) groups excluding carboxylic acids is 2. The smallest absolute Gasteiger partial charge is 0.137 e. The lowest BCUT2D eigenvalue weighted by atomic mass is 9.44. The molecule has 0 radical (unpaired) electrons. The molecule has 3 nitrogen and oxygen atoms in total. The van der Waals surface area contributed by atoms with Gasteiger partial charge in [0.25, 0.3) is 0 Å². The summed E-state index contributed by atoms with van der Waals surface area (Å²) in [5.41, 5.74) is -0.943. The van der Waals surface area contributed by atoms with Crippen molar-refractivity contribution in [1.82, 2.24) is 0 Å². The molecule has 4 saturated carbocycles. The molecular formula is C20H30O3. The van der Waals surface area contributed by atoms with Crippen LogP contribution >= 0.6 is 0 Å². The molecule has 4 fully saturated rings. The summed E-state index contributed by atoms with van der Waals surface area (Å²) in [6, 6.07) is 0. The van der Waals surface area contributed by atoms with E-state index in [1.807, 2.05) is 6.92 Å². The number of ketones is 2. The van der Waals surface area contributed by atoms with E-state index in [-0.39, 0.29) is 16.7 Å². The van der Waals surface area contributed by atoms with Gasteiger partial charge in [-0.3, -0.25) is 9.59 Å². The normalized spacial score (nSPS) is 56.0. The lowest BCUT2D eigenvalue weighted by Gasteiger charge is -2.59. The molecular weight excluding hydrogens is 288 g/mol. The maximum absolute atomic E-state index is 13.2. The quantitative estimate of drug-likeness (QED) is 0.743. The molecule has 0 aliphatic heterocycles. The first-order chi connectivity index (χ1) is 10.7. The van der Waals surface area contributed by atoms with Gasteiger partial charge in [0, 0.05) is 30.6 Å². The second-order valence-corrected chi connectivity index (χ2v) is 9.64. The maximum atomic E-state index is 13.2. The lowest BCUT2D eigenvalue weighted by Crippen LogP contribution is -2.59. The van der Waals surface area contributed by atoms with E-state index >= 15 is 0 Å². The number of Topliss-reactive ketones (excluding diaryl/α,β-unsaturated/α-hetero) is 2. The van der Waals surface area contributed by atoms with Crippen molar-refractivity contribution < 1.29 is 14.7 Å². The second kappa shape index (κ2) is 4.68. The van der Waals surface area contributed by atoms with Crippen molar-refractivity contribution in [2.24, 2.45) is 34.5 Å². The fraction of sp³-hybridized carbons (Fsp3) is 0.900. The molecule has 1 N–H and O–H groups in total. The van der Waals surface area contributed by atoms with Gasteiger partial charge in [0.05, 0.1) is 5.60 Å². The maximum Gasteiger partial charge on any atom is 0.137 e. The van der Waals surface area contributed by atoms with E-state index in [2.05, 4.69) is 13.8 Å². The zero-order chi connectivity index (χ0) is 16.6. The van der Waals surface area contributed by atoms with Gasteiger partial charge in [0.2, 0.25) is 0 Å². The number of rotatable bonds is 0. The summed E-state index contributed by atoms with van der Waals surface area (Å²) >= 11 is 0. The molecule has 0 heterocycles. The monoisotopic (exact) mass is 318 g/mol. The zero-order valence-corrected chi connectivity index (χ0v) is 14.7. The van der Waals surface area contributed by atoms with E-state index < -0.39 is 5.60 Å². The van der Waals surface area contributed by atoms with Crippen LogP contribution in [0.25, 0.3) is 0 Å². The number of carbonyl (C=O) groups is 2. The number of aliphatic hydroxyl groups is 1. The summed E-state index contributed by atoms with van der Waals surface area (Å²) in [6.07, 6.45) is 6.80. The second-order valence-electron chi connectivity index (χ2n) is 9.64. The fourth-order valence-electron chi connectivity index (χ4n) is 7.07. The van der Waals surface area contributed by atoms with Crippen LogP contribution < -0.4 is 0 Å². The molecule has 0 aromatic heterocycles. The lowest BCUT2D eigenvalue weighted by molar-refractivity contribution is -0.170. The van der Waals surface area contributed by atoms with Crippen molar-refractivity contribution in [3.05, 3.63) is 0 Å². The summed E-state index contributed by atoms with van der Waals surface area (Å²) in [7, 11) is 0. The average Bonchev–Trinajstić information content (AvgIpc) is 2.69. The summed E-state index contributed by atoms with van der Waals surface area (Å²) < 4.78 is 0. The number of hydrogen-bond donors (Lipinski definition) is 1. The average molecular weight is 318 g/mol. The third kappa shape index (κ3) is 1.92. The number of fused-ring (bicyclic) bond motifs is 5. The standard InChI is InChI=1S/C20H30O3/c1-18-8-6-13(21)10-12(18)4-5-14-15-7-9-20(3,23)19(15,2)11-16(22)17(14)18/h12,14-15,17,23H,4-11H2,1-3H3/t12-,14-,15-,17+,18-,19-,20+/m0/s1. The fourth-order valence-corrected chi connectivity index (χ4v) is 7.07. The van der Waals surface area contributed by atoms with E-state index in [9.17, 15) is 14.7 Å². The summed E-state index contributed by atoms with van der Waals surface area (Å²) in [5.74, 6) is 2.18. The van der Waals surface area contributed by atoms with Crippen LogP contribution in [0.5, 0.6) is 0 Å². The molecule has 0 saturated heterocycles. The van der Waals surface area contributed by atoms with Crippen LogP contribution in [0.3, 0.4) is 0 Å².